The first-order valence-electron chi connectivity index (χ1n) is 4.26. The SMILES string of the molecule is CC(C)(C)OC(=O)CC1=NN=CC1. The quantitative estimate of drug-likeness (QED) is 0.608. The highest BCUT2D eigenvalue weighted by Crippen LogP contribution is 2.10. The average molecular weight is 182 g/mol. The molecule has 0 aliphatic carbocycles. The molecule has 1 aliphatic heterocycles. The number of ether oxygens (including phenoxy) is 1. The summed E-state index contributed by atoms with van der Waals surface area (Å²) in [4.78, 5) is 11.3. The summed E-state index contributed by atoms with van der Waals surface area (Å²) in [5.41, 5.74) is 0.353. The van der Waals surface area contributed by atoms with E-state index in [0.29, 0.717) is 6.42 Å². The summed E-state index contributed by atoms with van der Waals surface area (Å²) in [5, 5.41) is 7.46. The zero-order valence-corrected chi connectivity index (χ0v) is 8.20. The topological polar surface area (TPSA) is 51.0 Å². The second-order valence-corrected chi connectivity index (χ2v) is 3.93. The Morgan fingerprint density at radius 1 is 1.62 bits per heavy atom. The summed E-state index contributed by atoms with van der Waals surface area (Å²) in [5.74, 6) is -0.239. The molecule has 0 aromatic carbocycles. The molecule has 0 saturated carbocycles. The van der Waals surface area contributed by atoms with Crippen molar-refractivity contribution < 1.29 is 9.53 Å². The predicted molar refractivity (Wildman–Crippen MR) is 51.0 cm³/mol. The van der Waals surface area contributed by atoms with Gasteiger partial charge in [-0.3, -0.25) is 4.79 Å². The van der Waals surface area contributed by atoms with Crippen LogP contribution in [0, 0.1) is 0 Å². The lowest BCUT2D eigenvalue weighted by atomic mass is 10.2. The Hall–Kier alpha value is -1.19. The van der Waals surface area contributed by atoms with Crippen LogP contribution in [0.3, 0.4) is 0 Å². The normalized spacial score (nSPS) is 15.8. The second-order valence-electron chi connectivity index (χ2n) is 3.93. The van der Waals surface area contributed by atoms with E-state index in [1.807, 2.05) is 20.8 Å². The Bertz CT molecular complexity index is 261. The fourth-order valence-corrected chi connectivity index (χ4v) is 0.961. The maximum absolute atomic E-state index is 11.3. The van der Waals surface area contributed by atoms with Crippen LogP contribution in [0.1, 0.15) is 33.6 Å². The maximum atomic E-state index is 11.3. The van der Waals surface area contributed by atoms with Crippen molar-refractivity contribution in [3.63, 3.8) is 0 Å². The van der Waals surface area contributed by atoms with Gasteiger partial charge >= 0.3 is 5.97 Å². The third-order valence-corrected chi connectivity index (χ3v) is 1.38. The molecule has 0 aromatic rings. The van der Waals surface area contributed by atoms with Crippen molar-refractivity contribution in [3.05, 3.63) is 0 Å². The summed E-state index contributed by atoms with van der Waals surface area (Å²) >= 11 is 0. The molecular weight excluding hydrogens is 168 g/mol. The van der Waals surface area contributed by atoms with E-state index in [-0.39, 0.29) is 12.4 Å². The number of nitrogens with zero attached hydrogens (tertiary/aromatic N) is 2. The molecule has 0 N–H and O–H groups in total. The van der Waals surface area contributed by atoms with Crippen LogP contribution in [0.25, 0.3) is 0 Å². The molecule has 1 heterocycles. The largest absolute Gasteiger partial charge is 0.460 e. The van der Waals surface area contributed by atoms with Gasteiger partial charge in [0, 0.05) is 12.6 Å². The van der Waals surface area contributed by atoms with Crippen LogP contribution in [-0.2, 0) is 9.53 Å². The van der Waals surface area contributed by atoms with Crippen LogP contribution >= 0.6 is 0 Å². The second kappa shape index (κ2) is 3.68. The average Bonchev–Trinajstić information content (AvgIpc) is 2.34. The highest BCUT2D eigenvalue weighted by molar-refractivity contribution is 6.06. The lowest BCUT2D eigenvalue weighted by molar-refractivity contribution is -0.153. The minimum atomic E-state index is -0.420. The van der Waals surface area contributed by atoms with E-state index < -0.39 is 5.60 Å². The van der Waals surface area contributed by atoms with Crippen molar-refractivity contribution in [1.82, 2.24) is 0 Å². The van der Waals surface area contributed by atoms with Gasteiger partial charge in [0.2, 0.25) is 0 Å². The van der Waals surface area contributed by atoms with Crippen molar-refractivity contribution in [2.24, 2.45) is 10.2 Å². The van der Waals surface area contributed by atoms with Crippen molar-refractivity contribution >= 4 is 17.9 Å². The summed E-state index contributed by atoms with van der Waals surface area (Å²) in [6.07, 6.45) is 2.59. The lowest BCUT2D eigenvalue weighted by Crippen LogP contribution is -2.25. The summed E-state index contributed by atoms with van der Waals surface area (Å²) in [6, 6.07) is 0. The monoisotopic (exact) mass is 182 g/mol. The molecule has 0 amide bonds. The molecular formula is C9H14N2O2. The van der Waals surface area contributed by atoms with Crippen LogP contribution in [0.5, 0.6) is 0 Å². The van der Waals surface area contributed by atoms with E-state index in [9.17, 15) is 4.79 Å². The number of carbonyl (C=O) groups is 1. The number of hydrogen-bond acceptors (Lipinski definition) is 4. The molecule has 4 nitrogen and oxygen atoms in total. The molecule has 13 heavy (non-hydrogen) atoms. The Morgan fingerprint density at radius 2 is 2.31 bits per heavy atom. The van der Waals surface area contributed by atoms with Gasteiger partial charge < -0.3 is 4.74 Å². The molecule has 0 unspecified atom stereocenters. The lowest BCUT2D eigenvalue weighted by Gasteiger charge is -2.19. The minimum Gasteiger partial charge on any atom is -0.460 e. The molecule has 1 aliphatic rings. The van der Waals surface area contributed by atoms with Gasteiger partial charge in [-0.2, -0.15) is 10.2 Å². The molecule has 0 aromatic heterocycles. The van der Waals surface area contributed by atoms with Crippen LogP contribution in [0.4, 0.5) is 0 Å². The zero-order chi connectivity index (χ0) is 9.90. The Morgan fingerprint density at radius 3 is 2.77 bits per heavy atom. The fraction of sp³-hybridized carbons (Fsp3) is 0.667. The third kappa shape index (κ3) is 3.83. The zero-order valence-electron chi connectivity index (χ0n) is 8.20. The van der Waals surface area contributed by atoms with Gasteiger partial charge in [0.1, 0.15) is 5.60 Å². The van der Waals surface area contributed by atoms with Gasteiger partial charge in [0.05, 0.1) is 12.1 Å². The van der Waals surface area contributed by atoms with Crippen molar-refractivity contribution in [2.45, 2.75) is 39.2 Å². The number of rotatable bonds is 2. The molecule has 0 bridgehead atoms. The number of hydrogen-bond donors (Lipinski definition) is 0. The molecule has 0 atom stereocenters. The third-order valence-electron chi connectivity index (χ3n) is 1.38. The fourth-order valence-electron chi connectivity index (χ4n) is 0.961. The summed E-state index contributed by atoms with van der Waals surface area (Å²) in [6.45, 7) is 5.54. The molecule has 0 fully saturated rings. The summed E-state index contributed by atoms with van der Waals surface area (Å²) < 4.78 is 5.12. The molecule has 0 radical (unpaired) electrons. The molecule has 0 saturated heterocycles. The van der Waals surface area contributed by atoms with Gasteiger partial charge in [-0.25, -0.2) is 0 Å². The number of carbonyl (C=O) groups excluding carboxylic acids is 1. The summed E-state index contributed by atoms with van der Waals surface area (Å²) in [7, 11) is 0. The first kappa shape index (κ1) is 9.89. The predicted octanol–water partition coefficient (Wildman–Crippen LogP) is 1.55. The van der Waals surface area contributed by atoms with E-state index in [1.54, 1.807) is 6.21 Å². The van der Waals surface area contributed by atoms with Crippen LogP contribution in [-0.4, -0.2) is 23.5 Å². The molecule has 0 spiro atoms. The Labute approximate surface area is 77.7 Å². The molecule has 1 rings (SSSR count). The molecule has 72 valence electrons. The standard InChI is InChI=1S/C9H14N2O2/c1-9(2,3)13-8(12)6-7-4-5-10-11-7/h5H,4,6H2,1-3H3. The van der Waals surface area contributed by atoms with Gasteiger partial charge in [-0.05, 0) is 20.8 Å². The van der Waals surface area contributed by atoms with Gasteiger partial charge in [-0.1, -0.05) is 0 Å². The maximum Gasteiger partial charge on any atom is 0.312 e. The molecule has 4 heteroatoms. The first-order chi connectivity index (χ1) is 5.97. The van der Waals surface area contributed by atoms with Gasteiger partial charge in [0.15, 0.2) is 0 Å². The van der Waals surface area contributed by atoms with Gasteiger partial charge in [0.25, 0.3) is 0 Å². The number of esters is 1. The van der Waals surface area contributed by atoms with E-state index in [4.69, 9.17) is 4.74 Å². The van der Waals surface area contributed by atoms with Crippen molar-refractivity contribution in [3.8, 4) is 0 Å². The van der Waals surface area contributed by atoms with E-state index >= 15 is 0 Å². The minimum absolute atomic E-state index is 0.239. The van der Waals surface area contributed by atoms with Crippen molar-refractivity contribution in [2.75, 3.05) is 0 Å². The van der Waals surface area contributed by atoms with Crippen LogP contribution in [0.2, 0.25) is 0 Å². The highest BCUT2D eigenvalue weighted by Gasteiger charge is 2.18. The van der Waals surface area contributed by atoms with E-state index in [0.717, 1.165) is 5.71 Å². The van der Waals surface area contributed by atoms with Gasteiger partial charge in [-0.15, -0.1) is 0 Å². The van der Waals surface area contributed by atoms with E-state index in [2.05, 4.69) is 10.2 Å². The Balaban J connectivity index is 2.34. The highest BCUT2D eigenvalue weighted by atomic mass is 16.6. The van der Waals surface area contributed by atoms with E-state index in [1.165, 1.54) is 0 Å². The van der Waals surface area contributed by atoms with Crippen molar-refractivity contribution in [1.29, 1.82) is 0 Å². The smallest absolute Gasteiger partial charge is 0.312 e. The van der Waals surface area contributed by atoms with Crippen LogP contribution in [0.15, 0.2) is 10.2 Å². The van der Waals surface area contributed by atoms with Crippen LogP contribution < -0.4 is 0 Å². The first-order valence-corrected chi connectivity index (χ1v) is 4.26. The Kier molecular flexibility index (Phi) is 2.80.